The van der Waals surface area contributed by atoms with Crippen molar-refractivity contribution in [2.45, 2.75) is 25.8 Å². The standard InChI is InChI=1S/C17H24N6O/c1-24-14-5-3-2-4-13(14)10-12-6-8-23(9-7-12)11-15-20-16(18)22-17(19)21-15/h2-5,12H,6-11H2,1H3,(H4,18,19,20,21,22). The van der Waals surface area contributed by atoms with Crippen LogP contribution >= 0.6 is 0 Å². The quantitative estimate of drug-likeness (QED) is 0.857. The minimum absolute atomic E-state index is 0.184. The summed E-state index contributed by atoms with van der Waals surface area (Å²) in [4.78, 5) is 14.5. The number of nitrogens with two attached hydrogens (primary N) is 2. The molecular formula is C17H24N6O. The van der Waals surface area contributed by atoms with E-state index in [1.54, 1.807) is 7.11 Å². The Morgan fingerprint density at radius 2 is 1.75 bits per heavy atom. The highest BCUT2D eigenvalue weighted by Gasteiger charge is 2.21. The molecule has 2 aromatic rings. The second kappa shape index (κ2) is 7.44. The van der Waals surface area contributed by atoms with Gasteiger partial charge in [-0.3, -0.25) is 4.90 Å². The first-order valence-electron chi connectivity index (χ1n) is 8.24. The summed E-state index contributed by atoms with van der Waals surface area (Å²) in [5.74, 6) is 2.66. The van der Waals surface area contributed by atoms with Gasteiger partial charge in [0.1, 0.15) is 11.6 Å². The number of benzene rings is 1. The van der Waals surface area contributed by atoms with Gasteiger partial charge in [-0.05, 0) is 49.9 Å². The number of hydrogen-bond donors (Lipinski definition) is 2. The third-order valence-corrected chi connectivity index (χ3v) is 4.49. The summed E-state index contributed by atoms with van der Waals surface area (Å²) in [6.45, 7) is 2.70. The molecule has 1 fully saturated rings. The molecule has 0 radical (unpaired) electrons. The maximum atomic E-state index is 5.63. The highest BCUT2D eigenvalue weighted by atomic mass is 16.5. The van der Waals surface area contributed by atoms with E-state index < -0.39 is 0 Å². The molecule has 0 unspecified atom stereocenters. The molecule has 0 aliphatic carbocycles. The molecule has 0 saturated carbocycles. The Hall–Kier alpha value is -2.41. The molecule has 2 heterocycles. The molecule has 24 heavy (non-hydrogen) atoms. The fourth-order valence-corrected chi connectivity index (χ4v) is 3.26. The van der Waals surface area contributed by atoms with Crippen molar-refractivity contribution in [2.75, 3.05) is 31.7 Å². The van der Waals surface area contributed by atoms with E-state index in [0.29, 0.717) is 18.3 Å². The van der Waals surface area contributed by atoms with Gasteiger partial charge in [0.05, 0.1) is 13.7 Å². The van der Waals surface area contributed by atoms with Gasteiger partial charge >= 0.3 is 0 Å². The largest absolute Gasteiger partial charge is 0.496 e. The van der Waals surface area contributed by atoms with E-state index in [1.165, 1.54) is 5.56 Å². The van der Waals surface area contributed by atoms with Crippen LogP contribution in [0.1, 0.15) is 24.2 Å². The molecule has 4 N–H and O–H groups in total. The Kier molecular flexibility index (Phi) is 5.10. The molecule has 1 aliphatic heterocycles. The fourth-order valence-electron chi connectivity index (χ4n) is 3.26. The van der Waals surface area contributed by atoms with Crippen LogP contribution in [0, 0.1) is 5.92 Å². The molecule has 7 heteroatoms. The van der Waals surface area contributed by atoms with Gasteiger partial charge in [0.15, 0.2) is 0 Å². The average molecular weight is 328 g/mol. The van der Waals surface area contributed by atoms with Crippen LogP contribution in [-0.2, 0) is 13.0 Å². The molecule has 3 rings (SSSR count). The predicted octanol–water partition coefficient (Wildman–Crippen LogP) is 1.50. The van der Waals surface area contributed by atoms with Crippen LogP contribution in [0.4, 0.5) is 11.9 Å². The van der Waals surface area contributed by atoms with Gasteiger partial charge in [0.25, 0.3) is 0 Å². The number of methoxy groups -OCH3 is 1. The third kappa shape index (κ3) is 4.11. The first-order valence-corrected chi connectivity index (χ1v) is 8.24. The van der Waals surface area contributed by atoms with Gasteiger partial charge < -0.3 is 16.2 Å². The highest BCUT2D eigenvalue weighted by Crippen LogP contribution is 2.27. The van der Waals surface area contributed by atoms with Crippen LogP contribution in [0.25, 0.3) is 0 Å². The number of nitrogens with zero attached hydrogens (tertiary/aromatic N) is 4. The average Bonchev–Trinajstić information content (AvgIpc) is 2.56. The Bertz CT molecular complexity index is 664. The second-order valence-corrected chi connectivity index (χ2v) is 6.20. The fraction of sp³-hybridized carbons (Fsp3) is 0.471. The Labute approximate surface area is 142 Å². The zero-order valence-corrected chi connectivity index (χ0v) is 14.0. The molecule has 0 atom stereocenters. The number of likely N-dealkylation sites (tertiary alicyclic amines) is 1. The summed E-state index contributed by atoms with van der Waals surface area (Å²) < 4.78 is 5.45. The van der Waals surface area contributed by atoms with Crippen LogP contribution in [0.15, 0.2) is 24.3 Å². The molecule has 1 aliphatic rings. The topological polar surface area (TPSA) is 103 Å². The maximum absolute atomic E-state index is 5.63. The molecular weight excluding hydrogens is 304 g/mol. The van der Waals surface area contributed by atoms with Gasteiger partial charge in [-0.1, -0.05) is 18.2 Å². The van der Waals surface area contributed by atoms with Crippen molar-refractivity contribution in [1.82, 2.24) is 19.9 Å². The molecule has 1 saturated heterocycles. The van der Waals surface area contributed by atoms with Gasteiger partial charge in [-0.2, -0.15) is 15.0 Å². The summed E-state index contributed by atoms with van der Waals surface area (Å²) in [6, 6.07) is 8.27. The number of anilines is 2. The van der Waals surface area contributed by atoms with Crippen LogP contribution < -0.4 is 16.2 Å². The first-order chi connectivity index (χ1) is 11.6. The highest BCUT2D eigenvalue weighted by molar-refractivity contribution is 5.33. The Morgan fingerprint density at radius 1 is 1.08 bits per heavy atom. The molecule has 1 aromatic carbocycles. The number of hydrogen-bond acceptors (Lipinski definition) is 7. The molecule has 7 nitrogen and oxygen atoms in total. The monoisotopic (exact) mass is 328 g/mol. The normalized spacial score (nSPS) is 16.2. The smallest absolute Gasteiger partial charge is 0.225 e. The van der Waals surface area contributed by atoms with Crippen LogP contribution in [0.2, 0.25) is 0 Å². The summed E-state index contributed by atoms with van der Waals surface area (Å²) >= 11 is 0. The van der Waals surface area contributed by atoms with Crippen molar-refractivity contribution < 1.29 is 4.74 Å². The van der Waals surface area contributed by atoms with Crippen molar-refractivity contribution in [3.63, 3.8) is 0 Å². The number of aromatic nitrogens is 3. The molecule has 0 spiro atoms. The van der Waals surface area contributed by atoms with Gasteiger partial charge in [-0.25, -0.2) is 0 Å². The number of para-hydroxylation sites is 1. The lowest BCUT2D eigenvalue weighted by molar-refractivity contribution is 0.173. The number of nitrogen functional groups attached to an aromatic ring is 2. The van der Waals surface area contributed by atoms with E-state index in [9.17, 15) is 0 Å². The first kappa shape index (κ1) is 16.4. The van der Waals surface area contributed by atoms with Gasteiger partial charge in [0, 0.05) is 0 Å². The second-order valence-electron chi connectivity index (χ2n) is 6.20. The van der Waals surface area contributed by atoms with Gasteiger partial charge in [-0.15, -0.1) is 0 Å². The van der Waals surface area contributed by atoms with Crippen LogP contribution in [-0.4, -0.2) is 40.1 Å². The zero-order chi connectivity index (χ0) is 16.9. The van der Waals surface area contributed by atoms with Crippen LogP contribution in [0.3, 0.4) is 0 Å². The lowest BCUT2D eigenvalue weighted by atomic mass is 9.90. The molecule has 0 amide bonds. The van der Waals surface area contributed by atoms with Crippen molar-refractivity contribution in [3.8, 4) is 5.75 Å². The molecule has 1 aromatic heterocycles. The lowest BCUT2D eigenvalue weighted by Crippen LogP contribution is -2.34. The van der Waals surface area contributed by atoms with E-state index in [1.807, 2.05) is 12.1 Å². The summed E-state index contributed by atoms with van der Waals surface area (Å²) in [5, 5.41) is 0. The summed E-state index contributed by atoms with van der Waals surface area (Å²) in [6.07, 6.45) is 3.35. The van der Waals surface area contributed by atoms with Crippen molar-refractivity contribution in [1.29, 1.82) is 0 Å². The van der Waals surface area contributed by atoms with Crippen molar-refractivity contribution in [3.05, 3.63) is 35.7 Å². The molecule has 0 bridgehead atoms. The summed E-state index contributed by atoms with van der Waals surface area (Å²) in [7, 11) is 1.73. The predicted molar refractivity (Wildman–Crippen MR) is 93.4 cm³/mol. The zero-order valence-electron chi connectivity index (χ0n) is 14.0. The Balaban J connectivity index is 1.54. The van der Waals surface area contributed by atoms with E-state index in [4.69, 9.17) is 16.2 Å². The van der Waals surface area contributed by atoms with E-state index in [-0.39, 0.29) is 11.9 Å². The van der Waals surface area contributed by atoms with E-state index in [2.05, 4.69) is 32.0 Å². The minimum atomic E-state index is 0.184. The summed E-state index contributed by atoms with van der Waals surface area (Å²) in [5.41, 5.74) is 12.5. The minimum Gasteiger partial charge on any atom is -0.496 e. The van der Waals surface area contributed by atoms with E-state index >= 15 is 0 Å². The van der Waals surface area contributed by atoms with E-state index in [0.717, 1.165) is 38.1 Å². The maximum Gasteiger partial charge on any atom is 0.225 e. The van der Waals surface area contributed by atoms with Crippen molar-refractivity contribution in [2.24, 2.45) is 5.92 Å². The third-order valence-electron chi connectivity index (χ3n) is 4.49. The number of piperidine rings is 1. The van der Waals surface area contributed by atoms with Gasteiger partial charge in [0.2, 0.25) is 11.9 Å². The lowest BCUT2D eigenvalue weighted by Gasteiger charge is -2.31. The number of rotatable bonds is 5. The van der Waals surface area contributed by atoms with Crippen molar-refractivity contribution >= 4 is 11.9 Å². The Morgan fingerprint density at radius 3 is 2.42 bits per heavy atom. The number of ether oxygens (including phenoxy) is 1. The SMILES string of the molecule is COc1ccccc1CC1CCN(Cc2nc(N)nc(N)n2)CC1. The molecule has 128 valence electrons. The van der Waals surface area contributed by atoms with Crippen LogP contribution in [0.5, 0.6) is 5.75 Å².